The van der Waals surface area contributed by atoms with Gasteiger partial charge in [-0.3, -0.25) is 9.59 Å². The average Bonchev–Trinajstić information content (AvgIpc) is 3.63. The van der Waals surface area contributed by atoms with Crippen LogP contribution >= 0.6 is 0 Å². The molecule has 1 aromatic rings. The highest BCUT2D eigenvalue weighted by molar-refractivity contribution is 5.97. The van der Waals surface area contributed by atoms with Crippen molar-refractivity contribution in [3.8, 4) is 5.75 Å². The predicted octanol–water partition coefficient (Wildman–Crippen LogP) is 3.48. The number of rotatable bonds is 8. The molecular formula is C26H35FN2O7. The van der Waals surface area contributed by atoms with Crippen LogP contribution in [-0.4, -0.2) is 73.0 Å². The lowest BCUT2D eigenvalue weighted by molar-refractivity contribution is -0.145. The summed E-state index contributed by atoms with van der Waals surface area (Å²) >= 11 is 0. The van der Waals surface area contributed by atoms with Gasteiger partial charge in [0, 0.05) is 51.3 Å². The Morgan fingerprint density at radius 1 is 1.22 bits per heavy atom. The molecule has 0 aromatic heterocycles. The quantitative estimate of drug-likeness (QED) is 0.538. The summed E-state index contributed by atoms with van der Waals surface area (Å²) in [6.07, 6.45) is 1.21. The molecule has 1 saturated carbocycles. The van der Waals surface area contributed by atoms with Crippen molar-refractivity contribution in [1.82, 2.24) is 4.90 Å². The number of aryl methyl sites for hydroxylation is 1. The molecule has 9 nitrogen and oxygen atoms in total. The molecule has 0 radical (unpaired) electrons. The molecule has 1 N–H and O–H groups in total. The number of piperidine rings is 1. The summed E-state index contributed by atoms with van der Waals surface area (Å²) in [5, 5.41) is 9.67. The van der Waals surface area contributed by atoms with Gasteiger partial charge in [0.05, 0.1) is 24.1 Å². The molecule has 2 unspecified atom stereocenters. The Balaban J connectivity index is 1.73. The molecular weight excluding hydrogens is 471 g/mol. The minimum atomic E-state index is -1.08. The zero-order valence-electron chi connectivity index (χ0n) is 21.3. The molecule has 3 aliphatic rings. The fourth-order valence-corrected chi connectivity index (χ4v) is 5.41. The van der Waals surface area contributed by atoms with Crippen LogP contribution in [0.1, 0.15) is 45.6 Å². The SMILES string of the molecule is CCc1cc(F)c(N2C(=O)[C@@H]3C[C@H](C(=O)O)CN(C3)C(=O)OC(C)(C)C3CC32)cc1OCCCOC. The first-order valence-electron chi connectivity index (χ1n) is 12.5. The van der Waals surface area contributed by atoms with Crippen LogP contribution in [-0.2, 0) is 25.5 Å². The summed E-state index contributed by atoms with van der Waals surface area (Å²) in [5.74, 6) is -3.37. The van der Waals surface area contributed by atoms with Gasteiger partial charge in [-0.15, -0.1) is 0 Å². The van der Waals surface area contributed by atoms with Crippen LogP contribution in [0.2, 0.25) is 0 Å². The van der Waals surface area contributed by atoms with Gasteiger partial charge in [-0.2, -0.15) is 0 Å². The number of aliphatic carboxylic acids is 1. The van der Waals surface area contributed by atoms with Crippen molar-refractivity contribution in [3.63, 3.8) is 0 Å². The first-order chi connectivity index (χ1) is 17.1. The largest absolute Gasteiger partial charge is 0.493 e. The number of amides is 2. The number of hydrogen-bond donors (Lipinski definition) is 1. The number of anilines is 1. The highest BCUT2D eigenvalue weighted by Gasteiger charge is 2.57. The first kappa shape index (κ1) is 26.2. The molecule has 2 saturated heterocycles. The number of methoxy groups -OCH3 is 1. The van der Waals surface area contributed by atoms with Crippen LogP contribution in [0.15, 0.2) is 12.1 Å². The number of carboxylic acid groups (broad SMARTS) is 1. The fourth-order valence-electron chi connectivity index (χ4n) is 5.41. The summed E-state index contributed by atoms with van der Waals surface area (Å²) in [6.45, 7) is 6.37. The van der Waals surface area contributed by atoms with Gasteiger partial charge in [0.15, 0.2) is 0 Å². The molecule has 2 heterocycles. The topological polar surface area (TPSA) is 106 Å². The smallest absolute Gasteiger partial charge is 0.410 e. The minimum absolute atomic E-state index is 0.0266. The lowest BCUT2D eigenvalue weighted by Gasteiger charge is -2.41. The van der Waals surface area contributed by atoms with Crippen LogP contribution in [0.3, 0.4) is 0 Å². The minimum Gasteiger partial charge on any atom is -0.493 e. The van der Waals surface area contributed by atoms with Gasteiger partial charge >= 0.3 is 12.1 Å². The number of ether oxygens (including phenoxy) is 3. The maximum Gasteiger partial charge on any atom is 0.410 e. The van der Waals surface area contributed by atoms with Gasteiger partial charge in [-0.05, 0) is 44.7 Å². The van der Waals surface area contributed by atoms with Crippen LogP contribution in [0.25, 0.3) is 0 Å². The van der Waals surface area contributed by atoms with Crippen molar-refractivity contribution in [1.29, 1.82) is 0 Å². The number of fused-ring (bicyclic) bond motifs is 3. The molecule has 3 fully saturated rings. The zero-order chi connectivity index (χ0) is 26.2. The summed E-state index contributed by atoms with van der Waals surface area (Å²) in [5.41, 5.74) is -0.112. The summed E-state index contributed by atoms with van der Waals surface area (Å²) in [7, 11) is 1.61. The van der Waals surface area contributed by atoms with Crippen LogP contribution in [0.5, 0.6) is 5.75 Å². The number of nitrogens with zero attached hydrogens (tertiary/aromatic N) is 2. The Morgan fingerprint density at radius 3 is 2.64 bits per heavy atom. The Morgan fingerprint density at radius 2 is 1.97 bits per heavy atom. The number of carbonyl (C=O) groups excluding carboxylic acids is 2. The van der Waals surface area contributed by atoms with E-state index in [4.69, 9.17) is 14.2 Å². The molecule has 4 rings (SSSR count). The molecule has 36 heavy (non-hydrogen) atoms. The van der Waals surface area contributed by atoms with E-state index in [2.05, 4.69) is 0 Å². The second-order valence-corrected chi connectivity index (χ2v) is 10.4. The Bertz CT molecular complexity index is 1030. The van der Waals surface area contributed by atoms with Crippen molar-refractivity contribution in [2.45, 2.75) is 58.1 Å². The highest BCUT2D eigenvalue weighted by Crippen LogP contribution is 2.49. The zero-order valence-corrected chi connectivity index (χ0v) is 21.3. The van der Waals surface area contributed by atoms with E-state index in [0.29, 0.717) is 43.8 Å². The third kappa shape index (κ3) is 5.14. The first-order valence-corrected chi connectivity index (χ1v) is 12.5. The molecule has 1 aromatic carbocycles. The van der Waals surface area contributed by atoms with E-state index >= 15 is 4.39 Å². The average molecular weight is 507 g/mol. The van der Waals surface area contributed by atoms with Crippen molar-refractivity contribution < 1.29 is 38.1 Å². The standard InChI is InChI=1S/C26H35FN2O7/c1-5-15-10-19(27)21(12-22(15)35-8-6-7-34-4)29-20-11-18(20)26(2,3)36-25(33)28-13-16(23(29)30)9-17(14-28)24(31)32/h10,12,16-18,20H,5-9,11,13-14H2,1-4H3,(H,31,32)/t16-,17+,18?,20?/m1/s1. The molecule has 2 aliphatic heterocycles. The molecule has 4 atom stereocenters. The van der Waals surface area contributed by atoms with Gasteiger partial charge in [0.2, 0.25) is 5.91 Å². The van der Waals surface area contributed by atoms with Gasteiger partial charge in [0.1, 0.15) is 17.2 Å². The number of cyclic esters (lactones) is 1. The highest BCUT2D eigenvalue weighted by atomic mass is 19.1. The molecule has 10 heteroatoms. The summed E-state index contributed by atoms with van der Waals surface area (Å²) < 4.78 is 32.4. The Kier molecular flexibility index (Phi) is 7.45. The summed E-state index contributed by atoms with van der Waals surface area (Å²) in [6, 6.07) is 2.61. The second-order valence-electron chi connectivity index (χ2n) is 10.4. The van der Waals surface area contributed by atoms with E-state index in [0.717, 1.165) is 0 Å². The van der Waals surface area contributed by atoms with E-state index in [9.17, 15) is 19.5 Å². The lowest BCUT2D eigenvalue weighted by atomic mass is 9.87. The molecule has 1 aliphatic carbocycles. The van der Waals surface area contributed by atoms with Gasteiger partial charge < -0.3 is 29.1 Å². The second kappa shape index (κ2) is 10.2. The predicted molar refractivity (Wildman–Crippen MR) is 129 cm³/mol. The van der Waals surface area contributed by atoms with E-state index in [1.54, 1.807) is 27.0 Å². The van der Waals surface area contributed by atoms with E-state index in [-0.39, 0.29) is 43.1 Å². The maximum atomic E-state index is 15.5. The van der Waals surface area contributed by atoms with Gasteiger partial charge in [-0.25, -0.2) is 9.18 Å². The lowest BCUT2D eigenvalue weighted by Crippen LogP contribution is -2.54. The number of hydrogen-bond acceptors (Lipinski definition) is 6. The maximum absolute atomic E-state index is 15.5. The Labute approximate surface area is 210 Å². The van der Waals surface area contributed by atoms with E-state index in [1.165, 1.54) is 15.9 Å². The molecule has 198 valence electrons. The fraction of sp³-hybridized carbons (Fsp3) is 0.654. The molecule has 0 spiro atoms. The number of halogens is 1. The van der Waals surface area contributed by atoms with Crippen LogP contribution in [0, 0.1) is 23.6 Å². The third-order valence-electron chi connectivity index (χ3n) is 7.50. The normalized spacial score (nSPS) is 27.2. The van der Waals surface area contributed by atoms with E-state index in [1.807, 2.05) is 6.92 Å². The van der Waals surface area contributed by atoms with Crippen molar-refractivity contribution in [2.24, 2.45) is 17.8 Å². The number of benzene rings is 1. The number of carboxylic acids is 1. The van der Waals surface area contributed by atoms with Crippen molar-refractivity contribution >= 4 is 23.7 Å². The monoisotopic (exact) mass is 506 g/mol. The van der Waals surface area contributed by atoms with Crippen LogP contribution in [0.4, 0.5) is 14.9 Å². The van der Waals surface area contributed by atoms with Gasteiger partial charge in [-0.1, -0.05) is 6.92 Å². The van der Waals surface area contributed by atoms with Gasteiger partial charge in [0.25, 0.3) is 0 Å². The van der Waals surface area contributed by atoms with Crippen molar-refractivity contribution in [2.75, 3.05) is 38.3 Å². The number of carbonyl (C=O) groups is 3. The van der Waals surface area contributed by atoms with Crippen LogP contribution < -0.4 is 9.64 Å². The Hall–Kier alpha value is -2.88. The molecule has 2 amide bonds. The summed E-state index contributed by atoms with van der Waals surface area (Å²) in [4.78, 5) is 41.4. The van der Waals surface area contributed by atoms with Crippen molar-refractivity contribution in [3.05, 3.63) is 23.5 Å². The third-order valence-corrected chi connectivity index (χ3v) is 7.50. The molecule has 2 bridgehead atoms. The van der Waals surface area contributed by atoms with E-state index < -0.39 is 35.3 Å².